The van der Waals surface area contributed by atoms with Crippen LogP contribution in [0.1, 0.15) is 22.8 Å². The largest absolute Gasteiger partial charge is 0.507 e. The first-order chi connectivity index (χ1) is 7.04. The van der Waals surface area contributed by atoms with Crippen LogP contribution in [0.2, 0.25) is 0 Å². The van der Waals surface area contributed by atoms with E-state index in [1.165, 1.54) is 6.07 Å². The average molecular weight is 209 g/mol. The topological polar surface area (TPSA) is 69.6 Å². The Kier molecular flexibility index (Phi) is 3.68. The predicted molar refractivity (Wildman–Crippen MR) is 56.9 cm³/mol. The van der Waals surface area contributed by atoms with Crippen LogP contribution in [0.15, 0.2) is 18.2 Å². The molecule has 0 aliphatic carbocycles. The van der Waals surface area contributed by atoms with E-state index in [1.807, 2.05) is 6.92 Å². The number of aliphatic hydroxyl groups excluding tert-OH is 1. The molecule has 1 amide bonds. The molecular formula is C11H15NO3. The van der Waals surface area contributed by atoms with Crippen LogP contribution in [0.4, 0.5) is 0 Å². The maximum absolute atomic E-state index is 11.6. The van der Waals surface area contributed by atoms with Crippen LogP contribution in [-0.4, -0.2) is 28.8 Å². The summed E-state index contributed by atoms with van der Waals surface area (Å²) in [5.74, 6) is -0.424. The van der Waals surface area contributed by atoms with Crippen molar-refractivity contribution in [2.24, 2.45) is 0 Å². The molecule has 4 heteroatoms. The van der Waals surface area contributed by atoms with E-state index in [1.54, 1.807) is 19.1 Å². The van der Waals surface area contributed by atoms with Crippen molar-refractivity contribution in [2.75, 3.05) is 6.61 Å². The van der Waals surface area contributed by atoms with E-state index in [2.05, 4.69) is 5.32 Å². The molecule has 0 spiro atoms. The van der Waals surface area contributed by atoms with Crippen molar-refractivity contribution in [1.29, 1.82) is 0 Å². The SMILES string of the molecule is Cc1ccc(C(=O)NC(C)CO)c(O)c1. The molecule has 1 rings (SSSR count). The van der Waals surface area contributed by atoms with Crippen molar-refractivity contribution in [3.05, 3.63) is 29.3 Å². The van der Waals surface area contributed by atoms with Gasteiger partial charge in [-0.15, -0.1) is 0 Å². The summed E-state index contributed by atoms with van der Waals surface area (Å²) >= 11 is 0. The standard InChI is InChI=1S/C11H15NO3/c1-7-3-4-9(10(14)5-7)11(15)12-8(2)6-13/h3-5,8,13-14H,6H2,1-2H3,(H,12,15). The van der Waals surface area contributed by atoms with Gasteiger partial charge in [-0.1, -0.05) is 6.07 Å². The number of benzene rings is 1. The van der Waals surface area contributed by atoms with Gasteiger partial charge in [-0.05, 0) is 31.5 Å². The molecule has 0 radical (unpaired) electrons. The summed E-state index contributed by atoms with van der Waals surface area (Å²) in [5, 5.41) is 20.8. The quantitative estimate of drug-likeness (QED) is 0.690. The third-order valence-electron chi connectivity index (χ3n) is 2.05. The van der Waals surface area contributed by atoms with Crippen LogP contribution in [0.25, 0.3) is 0 Å². The zero-order chi connectivity index (χ0) is 11.4. The summed E-state index contributed by atoms with van der Waals surface area (Å²) in [5.41, 5.74) is 1.11. The number of phenolic OH excluding ortho intramolecular Hbond substituents is 1. The van der Waals surface area contributed by atoms with Crippen molar-refractivity contribution < 1.29 is 15.0 Å². The molecule has 15 heavy (non-hydrogen) atoms. The van der Waals surface area contributed by atoms with Crippen molar-refractivity contribution in [3.8, 4) is 5.75 Å². The first-order valence-electron chi connectivity index (χ1n) is 4.76. The van der Waals surface area contributed by atoms with Gasteiger partial charge in [0, 0.05) is 6.04 Å². The van der Waals surface area contributed by atoms with Crippen LogP contribution >= 0.6 is 0 Å². The molecule has 0 bridgehead atoms. The van der Waals surface area contributed by atoms with E-state index in [9.17, 15) is 9.90 Å². The monoisotopic (exact) mass is 209 g/mol. The zero-order valence-electron chi connectivity index (χ0n) is 8.82. The van der Waals surface area contributed by atoms with Gasteiger partial charge in [-0.2, -0.15) is 0 Å². The number of amides is 1. The first kappa shape index (κ1) is 11.5. The van der Waals surface area contributed by atoms with Crippen LogP contribution in [0.3, 0.4) is 0 Å². The molecule has 3 N–H and O–H groups in total. The van der Waals surface area contributed by atoms with Crippen molar-refractivity contribution in [3.63, 3.8) is 0 Å². The third kappa shape index (κ3) is 2.95. The number of rotatable bonds is 3. The molecule has 0 fully saturated rings. The fourth-order valence-electron chi connectivity index (χ4n) is 1.18. The summed E-state index contributed by atoms with van der Waals surface area (Å²) in [6.45, 7) is 3.39. The van der Waals surface area contributed by atoms with E-state index < -0.39 is 0 Å². The van der Waals surface area contributed by atoms with E-state index in [-0.39, 0.29) is 29.9 Å². The molecule has 1 aromatic carbocycles. The third-order valence-corrected chi connectivity index (χ3v) is 2.05. The van der Waals surface area contributed by atoms with Gasteiger partial charge in [0.05, 0.1) is 12.2 Å². The highest BCUT2D eigenvalue weighted by atomic mass is 16.3. The predicted octanol–water partition coefficient (Wildman–Crippen LogP) is 0.811. The second-order valence-electron chi connectivity index (χ2n) is 3.58. The lowest BCUT2D eigenvalue weighted by Gasteiger charge is -2.11. The number of aromatic hydroxyl groups is 1. The van der Waals surface area contributed by atoms with Crippen molar-refractivity contribution in [1.82, 2.24) is 5.32 Å². The van der Waals surface area contributed by atoms with Gasteiger partial charge in [-0.3, -0.25) is 4.79 Å². The lowest BCUT2D eigenvalue weighted by Crippen LogP contribution is -2.34. The molecule has 1 atom stereocenters. The fourth-order valence-corrected chi connectivity index (χ4v) is 1.18. The number of carbonyl (C=O) groups excluding carboxylic acids is 1. The molecule has 0 aromatic heterocycles. The second kappa shape index (κ2) is 4.79. The number of aliphatic hydroxyl groups is 1. The zero-order valence-corrected chi connectivity index (χ0v) is 8.82. The minimum absolute atomic E-state index is 0.0439. The molecule has 0 aliphatic heterocycles. The Balaban J connectivity index is 2.82. The molecule has 1 unspecified atom stereocenters. The summed E-state index contributed by atoms with van der Waals surface area (Å²) < 4.78 is 0. The van der Waals surface area contributed by atoms with Crippen molar-refractivity contribution in [2.45, 2.75) is 19.9 Å². The number of carbonyl (C=O) groups is 1. The van der Waals surface area contributed by atoms with Gasteiger partial charge in [0.25, 0.3) is 5.91 Å². The van der Waals surface area contributed by atoms with Crippen LogP contribution < -0.4 is 5.32 Å². The van der Waals surface area contributed by atoms with Gasteiger partial charge in [0.2, 0.25) is 0 Å². The maximum Gasteiger partial charge on any atom is 0.255 e. The number of phenols is 1. The maximum atomic E-state index is 11.6. The normalized spacial score (nSPS) is 12.2. The number of hydrogen-bond donors (Lipinski definition) is 3. The Morgan fingerprint density at radius 2 is 2.20 bits per heavy atom. The van der Waals surface area contributed by atoms with Crippen LogP contribution in [-0.2, 0) is 0 Å². The molecule has 82 valence electrons. The smallest absolute Gasteiger partial charge is 0.255 e. The second-order valence-corrected chi connectivity index (χ2v) is 3.58. The average Bonchev–Trinajstić information content (AvgIpc) is 2.17. The van der Waals surface area contributed by atoms with Crippen LogP contribution in [0.5, 0.6) is 5.75 Å². The minimum atomic E-state index is -0.381. The van der Waals surface area contributed by atoms with E-state index in [0.717, 1.165) is 5.56 Å². The Bertz CT molecular complexity index is 363. The van der Waals surface area contributed by atoms with Gasteiger partial charge in [0.1, 0.15) is 5.75 Å². The van der Waals surface area contributed by atoms with Gasteiger partial charge in [0.15, 0.2) is 0 Å². The number of aryl methyl sites for hydroxylation is 1. The highest BCUT2D eigenvalue weighted by Crippen LogP contribution is 2.18. The molecule has 0 saturated carbocycles. The fraction of sp³-hybridized carbons (Fsp3) is 0.364. The lowest BCUT2D eigenvalue weighted by molar-refractivity contribution is 0.0919. The number of nitrogens with one attached hydrogen (secondary N) is 1. The van der Waals surface area contributed by atoms with Gasteiger partial charge >= 0.3 is 0 Å². The Morgan fingerprint density at radius 1 is 1.53 bits per heavy atom. The van der Waals surface area contributed by atoms with Crippen molar-refractivity contribution >= 4 is 5.91 Å². The molecule has 0 heterocycles. The van der Waals surface area contributed by atoms with E-state index in [0.29, 0.717) is 0 Å². The lowest BCUT2D eigenvalue weighted by atomic mass is 10.1. The molecule has 0 aliphatic rings. The van der Waals surface area contributed by atoms with E-state index >= 15 is 0 Å². The van der Waals surface area contributed by atoms with E-state index in [4.69, 9.17) is 5.11 Å². The van der Waals surface area contributed by atoms with Crippen LogP contribution in [0, 0.1) is 6.92 Å². The molecule has 1 aromatic rings. The summed E-state index contributed by atoms with van der Waals surface area (Å²) in [4.78, 5) is 11.6. The van der Waals surface area contributed by atoms with Gasteiger partial charge in [-0.25, -0.2) is 0 Å². The Labute approximate surface area is 88.6 Å². The first-order valence-corrected chi connectivity index (χ1v) is 4.76. The van der Waals surface area contributed by atoms with Gasteiger partial charge < -0.3 is 15.5 Å². The molecule has 4 nitrogen and oxygen atoms in total. The summed E-state index contributed by atoms with van der Waals surface area (Å²) in [6.07, 6.45) is 0. The highest BCUT2D eigenvalue weighted by molar-refractivity contribution is 5.97. The Morgan fingerprint density at radius 3 is 2.73 bits per heavy atom. The summed E-state index contributed by atoms with van der Waals surface area (Å²) in [6, 6.07) is 4.51. The molecular weight excluding hydrogens is 194 g/mol. The highest BCUT2D eigenvalue weighted by Gasteiger charge is 2.12. The minimum Gasteiger partial charge on any atom is -0.507 e. The Hall–Kier alpha value is -1.55. The molecule has 0 saturated heterocycles. The summed E-state index contributed by atoms with van der Waals surface area (Å²) in [7, 11) is 0. The number of hydrogen-bond acceptors (Lipinski definition) is 3.